The highest BCUT2D eigenvalue weighted by Gasteiger charge is 2.20. The Morgan fingerprint density at radius 1 is 1.00 bits per heavy atom. The first-order valence-electron chi connectivity index (χ1n) is 8.98. The number of carbonyl (C=O) groups excluding carboxylic acids is 2. The van der Waals surface area contributed by atoms with Crippen LogP contribution in [0.2, 0.25) is 0 Å². The maximum absolute atomic E-state index is 12.3. The maximum atomic E-state index is 12.3. The zero-order chi connectivity index (χ0) is 22.3. The molecule has 2 N–H and O–H groups in total. The number of benzene rings is 2. The third-order valence-electron chi connectivity index (χ3n) is 4.03. The average Bonchev–Trinajstić information content (AvgIpc) is 2.69. The minimum absolute atomic E-state index is 0.0229. The number of anilines is 2. The van der Waals surface area contributed by atoms with Gasteiger partial charge in [-0.05, 0) is 37.3 Å². The molecule has 0 saturated heterocycles. The monoisotopic (exact) mass is 451 g/mol. The van der Waals surface area contributed by atoms with Gasteiger partial charge >= 0.3 is 0 Å². The minimum Gasteiger partial charge on any atom is -0.495 e. The van der Waals surface area contributed by atoms with Gasteiger partial charge in [0.05, 0.1) is 29.2 Å². The summed E-state index contributed by atoms with van der Waals surface area (Å²) in [6, 6.07) is 11.7. The van der Waals surface area contributed by atoms with Crippen LogP contribution in [0.15, 0.2) is 47.4 Å². The zero-order valence-electron chi connectivity index (χ0n) is 17.3. The summed E-state index contributed by atoms with van der Waals surface area (Å²) >= 11 is 1.15. The van der Waals surface area contributed by atoms with E-state index in [0.717, 1.165) is 21.6 Å². The molecule has 30 heavy (non-hydrogen) atoms. The standard InChI is InChI=1S/C20H25N3O5S2/c1-14-5-7-15(8-6-14)21-19(24)12-29-13-20(25)22-17-11-16(9-10-18(17)28-4)30(26,27)23(2)3/h5-11H,12-13H2,1-4H3,(H,21,24)(H,22,25). The van der Waals surface area contributed by atoms with E-state index in [1.807, 2.05) is 31.2 Å². The highest BCUT2D eigenvalue weighted by molar-refractivity contribution is 8.00. The van der Waals surface area contributed by atoms with Crippen LogP contribution >= 0.6 is 11.8 Å². The Kier molecular flexibility index (Phi) is 8.27. The van der Waals surface area contributed by atoms with E-state index in [1.54, 1.807) is 0 Å². The molecule has 8 nitrogen and oxygen atoms in total. The lowest BCUT2D eigenvalue weighted by Crippen LogP contribution is -2.23. The molecule has 0 aliphatic heterocycles. The van der Waals surface area contributed by atoms with Crippen LogP contribution in [0, 0.1) is 6.92 Å². The molecule has 10 heteroatoms. The van der Waals surface area contributed by atoms with Gasteiger partial charge in [0.25, 0.3) is 0 Å². The highest BCUT2D eigenvalue weighted by atomic mass is 32.2. The molecule has 0 radical (unpaired) electrons. The predicted octanol–water partition coefficient (Wildman–Crippen LogP) is 2.56. The quantitative estimate of drug-likeness (QED) is 0.607. The molecule has 0 aliphatic rings. The van der Waals surface area contributed by atoms with Gasteiger partial charge in [0, 0.05) is 19.8 Å². The number of hydrogen-bond donors (Lipinski definition) is 2. The van der Waals surface area contributed by atoms with E-state index in [2.05, 4.69) is 10.6 Å². The summed E-state index contributed by atoms with van der Waals surface area (Å²) in [6.45, 7) is 1.96. The van der Waals surface area contributed by atoms with Crippen LogP contribution in [-0.2, 0) is 19.6 Å². The summed E-state index contributed by atoms with van der Waals surface area (Å²) < 4.78 is 30.9. The Morgan fingerprint density at radius 2 is 1.60 bits per heavy atom. The molecular formula is C20H25N3O5S2. The molecule has 2 aromatic rings. The van der Waals surface area contributed by atoms with Crippen molar-refractivity contribution in [3.05, 3.63) is 48.0 Å². The number of nitrogens with one attached hydrogen (secondary N) is 2. The number of amides is 2. The Bertz CT molecular complexity index is 1010. The second kappa shape index (κ2) is 10.5. The van der Waals surface area contributed by atoms with E-state index in [-0.39, 0.29) is 33.9 Å². The number of hydrogen-bond acceptors (Lipinski definition) is 6. The smallest absolute Gasteiger partial charge is 0.242 e. The van der Waals surface area contributed by atoms with Crippen LogP contribution in [0.5, 0.6) is 5.75 Å². The SMILES string of the molecule is COc1ccc(S(=O)(=O)N(C)C)cc1NC(=O)CSCC(=O)Nc1ccc(C)cc1. The van der Waals surface area contributed by atoms with Crippen molar-refractivity contribution in [1.29, 1.82) is 0 Å². The normalized spacial score (nSPS) is 11.2. The number of ether oxygens (including phenoxy) is 1. The molecule has 2 aromatic carbocycles. The summed E-state index contributed by atoms with van der Waals surface area (Å²) in [5.74, 6) is -0.125. The number of rotatable bonds is 9. The lowest BCUT2D eigenvalue weighted by molar-refractivity contribution is -0.114. The van der Waals surface area contributed by atoms with Crippen molar-refractivity contribution in [2.45, 2.75) is 11.8 Å². The van der Waals surface area contributed by atoms with Gasteiger partial charge in [-0.3, -0.25) is 9.59 Å². The fraction of sp³-hybridized carbons (Fsp3) is 0.300. The van der Waals surface area contributed by atoms with Crippen LogP contribution in [0.1, 0.15) is 5.56 Å². The molecular weight excluding hydrogens is 426 g/mol. The van der Waals surface area contributed by atoms with Gasteiger partial charge in [-0.2, -0.15) is 0 Å². The summed E-state index contributed by atoms with van der Waals surface area (Å²) in [4.78, 5) is 24.3. The lowest BCUT2D eigenvalue weighted by Gasteiger charge is -2.15. The second-order valence-corrected chi connectivity index (χ2v) is 9.74. The van der Waals surface area contributed by atoms with Gasteiger partial charge < -0.3 is 15.4 Å². The van der Waals surface area contributed by atoms with Crippen molar-refractivity contribution in [2.75, 3.05) is 43.3 Å². The number of thioether (sulfide) groups is 1. The predicted molar refractivity (Wildman–Crippen MR) is 120 cm³/mol. The van der Waals surface area contributed by atoms with Crippen LogP contribution in [-0.4, -0.2) is 57.2 Å². The molecule has 0 aliphatic carbocycles. The van der Waals surface area contributed by atoms with Gasteiger partial charge in [0.15, 0.2) is 0 Å². The van der Waals surface area contributed by atoms with E-state index < -0.39 is 10.0 Å². The number of carbonyl (C=O) groups is 2. The third kappa shape index (κ3) is 6.48. The highest BCUT2D eigenvalue weighted by Crippen LogP contribution is 2.28. The van der Waals surface area contributed by atoms with Crippen molar-refractivity contribution >= 4 is 45.0 Å². The van der Waals surface area contributed by atoms with Crippen molar-refractivity contribution in [3.63, 3.8) is 0 Å². The summed E-state index contributed by atoms with van der Waals surface area (Å²) in [6.07, 6.45) is 0. The van der Waals surface area contributed by atoms with Crippen molar-refractivity contribution in [3.8, 4) is 5.75 Å². The Morgan fingerprint density at radius 3 is 2.17 bits per heavy atom. The van der Waals surface area contributed by atoms with E-state index >= 15 is 0 Å². The van der Waals surface area contributed by atoms with E-state index in [9.17, 15) is 18.0 Å². The van der Waals surface area contributed by atoms with Gasteiger partial charge in [-0.15, -0.1) is 11.8 Å². The first-order valence-corrected chi connectivity index (χ1v) is 11.6. The third-order valence-corrected chi connectivity index (χ3v) is 6.77. The number of sulfonamides is 1. The van der Waals surface area contributed by atoms with Crippen LogP contribution in [0.4, 0.5) is 11.4 Å². The van der Waals surface area contributed by atoms with E-state index in [4.69, 9.17) is 4.74 Å². The Hall–Kier alpha value is -2.56. The second-order valence-electron chi connectivity index (χ2n) is 6.60. The average molecular weight is 452 g/mol. The van der Waals surface area contributed by atoms with E-state index in [1.165, 1.54) is 39.4 Å². The zero-order valence-corrected chi connectivity index (χ0v) is 18.9. The van der Waals surface area contributed by atoms with E-state index in [0.29, 0.717) is 11.4 Å². The molecule has 0 aromatic heterocycles. The molecule has 0 spiro atoms. The Balaban J connectivity index is 1.94. The molecule has 0 bridgehead atoms. The summed E-state index contributed by atoms with van der Waals surface area (Å²) in [7, 11) is 0.627. The van der Waals surface area contributed by atoms with Crippen LogP contribution < -0.4 is 15.4 Å². The van der Waals surface area contributed by atoms with Gasteiger partial charge in [0.2, 0.25) is 21.8 Å². The Labute approximate surface area is 181 Å². The fourth-order valence-electron chi connectivity index (χ4n) is 2.41. The van der Waals surface area contributed by atoms with Gasteiger partial charge in [-0.25, -0.2) is 12.7 Å². The van der Waals surface area contributed by atoms with Crippen molar-refractivity contribution in [1.82, 2.24) is 4.31 Å². The maximum Gasteiger partial charge on any atom is 0.242 e. The van der Waals surface area contributed by atoms with Crippen LogP contribution in [0.3, 0.4) is 0 Å². The topological polar surface area (TPSA) is 105 Å². The molecule has 0 unspecified atom stereocenters. The molecule has 0 saturated carbocycles. The summed E-state index contributed by atoms with van der Waals surface area (Å²) in [5.41, 5.74) is 2.03. The lowest BCUT2D eigenvalue weighted by atomic mass is 10.2. The van der Waals surface area contributed by atoms with Crippen molar-refractivity contribution in [2.24, 2.45) is 0 Å². The van der Waals surface area contributed by atoms with Gasteiger partial charge in [-0.1, -0.05) is 17.7 Å². The molecule has 162 valence electrons. The van der Waals surface area contributed by atoms with Crippen molar-refractivity contribution < 1.29 is 22.7 Å². The number of methoxy groups -OCH3 is 1. The first kappa shape index (κ1) is 23.7. The number of aryl methyl sites for hydroxylation is 1. The minimum atomic E-state index is -3.65. The molecule has 0 atom stereocenters. The molecule has 0 fully saturated rings. The largest absolute Gasteiger partial charge is 0.495 e. The van der Waals surface area contributed by atoms with Crippen LogP contribution in [0.25, 0.3) is 0 Å². The number of nitrogens with zero attached hydrogens (tertiary/aromatic N) is 1. The molecule has 2 rings (SSSR count). The van der Waals surface area contributed by atoms with Gasteiger partial charge in [0.1, 0.15) is 5.75 Å². The summed E-state index contributed by atoms with van der Waals surface area (Å²) in [5, 5.41) is 5.41. The fourth-order valence-corrected chi connectivity index (χ4v) is 3.96. The first-order chi connectivity index (χ1) is 14.1. The molecule has 0 heterocycles. The molecule has 2 amide bonds.